The van der Waals surface area contributed by atoms with Crippen LogP contribution in [0, 0.1) is 5.92 Å². The maximum Gasteiger partial charge on any atom is 0.0716 e. The Bertz CT molecular complexity index is 297. The van der Waals surface area contributed by atoms with Gasteiger partial charge < -0.3 is 15.7 Å². The molecule has 4 nitrogen and oxygen atoms in total. The van der Waals surface area contributed by atoms with Crippen molar-refractivity contribution in [1.82, 2.24) is 15.6 Å². The van der Waals surface area contributed by atoms with Gasteiger partial charge in [0.15, 0.2) is 0 Å². The second-order valence-corrected chi connectivity index (χ2v) is 3.98. The summed E-state index contributed by atoms with van der Waals surface area (Å²) in [5, 5.41) is 16.1. The molecule has 1 aliphatic rings. The summed E-state index contributed by atoms with van der Waals surface area (Å²) < 4.78 is 0. The van der Waals surface area contributed by atoms with Gasteiger partial charge in [0.05, 0.1) is 6.10 Å². The molecule has 2 heterocycles. The zero-order chi connectivity index (χ0) is 10.5. The van der Waals surface area contributed by atoms with Crippen molar-refractivity contribution in [3.05, 3.63) is 30.1 Å². The highest BCUT2D eigenvalue weighted by Gasteiger charge is 2.23. The summed E-state index contributed by atoms with van der Waals surface area (Å²) >= 11 is 0. The molecule has 16 heavy (non-hydrogen) atoms. The summed E-state index contributed by atoms with van der Waals surface area (Å²) in [4.78, 5) is 4.05. The average molecular weight is 244 g/mol. The number of aliphatic hydroxyl groups excluding tert-OH is 1. The van der Waals surface area contributed by atoms with Crippen LogP contribution in [0.25, 0.3) is 0 Å². The molecule has 3 N–H and O–H groups in total. The Balaban J connectivity index is 0.00000128. The van der Waals surface area contributed by atoms with E-state index in [1.807, 2.05) is 18.3 Å². The SMILES string of the molecule is Cl.OC1CNCC1CNCc1cccnc1. The Morgan fingerprint density at radius 1 is 1.50 bits per heavy atom. The monoisotopic (exact) mass is 243 g/mol. The zero-order valence-corrected chi connectivity index (χ0v) is 9.91. The van der Waals surface area contributed by atoms with Gasteiger partial charge in [0.25, 0.3) is 0 Å². The second kappa shape index (κ2) is 6.81. The molecule has 1 aromatic heterocycles. The van der Waals surface area contributed by atoms with E-state index in [9.17, 15) is 5.11 Å². The van der Waals surface area contributed by atoms with Crippen LogP contribution < -0.4 is 10.6 Å². The molecule has 1 fully saturated rings. The van der Waals surface area contributed by atoms with Crippen molar-refractivity contribution < 1.29 is 5.11 Å². The number of aliphatic hydroxyl groups is 1. The van der Waals surface area contributed by atoms with Crippen molar-refractivity contribution in [3.63, 3.8) is 0 Å². The minimum atomic E-state index is -0.202. The first-order chi connectivity index (χ1) is 7.36. The third-order valence-corrected chi connectivity index (χ3v) is 2.76. The molecular formula is C11H18ClN3O. The molecule has 1 saturated heterocycles. The Morgan fingerprint density at radius 3 is 3.00 bits per heavy atom. The van der Waals surface area contributed by atoms with Crippen LogP contribution in [0.15, 0.2) is 24.5 Å². The molecule has 2 unspecified atom stereocenters. The maximum atomic E-state index is 9.57. The first-order valence-electron chi connectivity index (χ1n) is 5.34. The van der Waals surface area contributed by atoms with Crippen LogP contribution in [0.4, 0.5) is 0 Å². The van der Waals surface area contributed by atoms with Crippen LogP contribution in [-0.4, -0.2) is 35.8 Å². The van der Waals surface area contributed by atoms with Gasteiger partial charge >= 0.3 is 0 Å². The summed E-state index contributed by atoms with van der Waals surface area (Å²) in [6.07, 6.45) is 3.43. The topological polar surface area (TPSA) is 57.2 Å². The fraction of sp³-hybridized carbons (Fsp3) is 0.545. The van der Waals surface area contributed by atoms with Crippen molar-refractivity contribution in [2.75, 3.05) is 19.6 Å². The van der Waals surface area contributed by atoms with Crippen LogP contribution in [0.5, 0.6) is 0 Å². The van der Waals surface area contributed by atoms with E-state index >= 15 is 0 Å². The number of halogens is 1. The average Bonchev–Trinajstić information content (AvgIpc) is 2.66. The van der Waals surface area contributed by atoms with Crippen LogP contribution >= 0.6 is 12.4 Å². The third kappa shape index (κ3) is 3.72. The van der Waals surface area contributed by atoms with Crippen molar-refractivity contribution in [2.24, 2.45) is 5.92 Å². The minimum Gasteiger partial charge on any atom is -0.391 e. The number of β-amino-alcohol motifs (C(OH)–C–C–N with tert-alkyl or cyclic N) is 1. The smallest absolute Gasteiger partial charge is 0.0716 e. The molecule has 2 atom stereocenters. The molecule has 2 rings (SSSR count). The number of nitrogens with one attached hydrogen (secondary N) is 2. The second-order valence-electron chi connectivity index (χ2n) is 3.98. The quantitative estimate of drug-likeness (QED) is 0.706. The van der Waals surface area contributed by atoms with Gasteiger partial charge in [-0.15, -0.1) is 12.4 Å². The number of rotatable bonds is 4. The van der Waals surface area contributed by atoms with E-state index in [1.54, 1.807) is 6.20 Å². The number of hydrogen-bond donors (Lipinski definition) is 3. The summed E-state index contributed by atoms with van der Waals surface area (Å²) in [6.45, 7) is 3.29. The largest absolute Gasteiger partial charge is 0.391 e. The Labute approximate surface area is 102 Å². The molecule has 0 bridgehead atoms. The van der Waals surface area contributed by atoms with Gasteiger partial charge in [0.1, 0.15) is 0 Å². The van der Waals surface area contributed by atoms with Gasteiger partial charge in [0, 0.05) is 44.5 Å². The van der Waals surface area contributed by atoms with Gasteiger partial charge in [-0.25, -0.2) is 0 Å². The van der Waals surface area contributed by atoms with E-state index in [1.165, 1.54) is 5.56 Å². The van der Waals surface area contributed by atoms with Crippen molar-refractivity contribution in [1.29, 1.82) is 0 Å². The van der Waals surface area contributed by atoms with Gasteiger partial charge in [0.2, 0.25) is 0 Å². The van der Waals surface area contributed by atoms with E-state index in [0.717, 1.165) is 26.2 Å². The molecule has 5 heteroatoms. The highest BCUT2D eigenvalue weighted by atomic mass is 35.5. The summed E-state index contributed by atoms with van der Waals surface area (Å²) in [5.74, 6) is 0.335. The number of hydrogen-bond acceptors (Lipinski definition) is 4. The van der Waals surface area contributed by atoms with Crippen LogP contribution in [-0.2, 0) is 6.54 Å². The highest BCUT2D eigenvalue weighted by molar-refractivity contribution is 5.85. The van der Waals surface area contributed by atoms with Gasteiger partial charge in [-0.3, -0.25) is 4.98 Å². The standard InChI is InChI=1S/C11H17N3O.ClH/c15-11-8-14-7-10(11)6-13-5-9-2-1-3-12-4-9;/h1-4,10-11,13-15H,5-8H2;1H. The van der Waals surface area contributed by atoms with Gasteiger partial charge in [-0.1, -0.05) is 6.07 Å². The molecule has 1 aromatic rings. The summed E-state index contributed by atoms with van der Waals surface area (Å²) in [7, 11) is 0. The molecule has 0 aliphatic carbocycles. The fourth-order valence-corrected chi connectivity index (χ4v) is 1.83. The lowest BCUT2D eigenvalue weighted by molar-refractivity contribution is 0.146. The van der Waals surface area contributed by atoms with E-state index in [-0.39, 0.29) is 18.5 Å². The lowest BCUT2D eigenvalue weighted by Gasteiger charge is -2.13. The predicted octanol–water partition coefficient (Wildman–Crippen LogP) is 0.173. The molecule has 90 valence electrons. The lowest BCUT2D eigenvalue weighted by Crippen LogP contribution is -2.30. The number of pyridine rings is 1. The molecule has 0 saturated carbocycles. The number of nitrogens with zero attached hydrogens (tertiary/aromatic N) is 1. The fourth-order valence-electron chi connectivity index (χ4n) is 1.83. The maximum absolute atomic E-state index is 9.57. The Hall–Kier alpha value is -0.680. The minimum absolute atomic E-state index is 0. The van der Waals surface area contributed by atoms with E-state index in [0.29, 0.717) is 5.92 Å². The third-order valence-electron chi connectivity index (χ3n) is 2.76. The normalized spacial score (nSPS) is 24.1. The first-order valence-corrected chi connectivity index (χ1v) is 5.34. The Morgan fingerprint density at radius 2 is 2.38 bits per heavy atom. The Kier molecular flexibility index (Phi) is 5.69. The zero-order valence-electron chi connectivity index (χ0n) is 9.10. The molecule has 0 amide bonds. The van der Waals surface area contributed by atoms with E-state index in [2.05, 4.69) is 15.6 Å². The van der Waals surface area contributed by atoms with Gasteiger partial charge in [-0.05, 0) is 11.6 Å². The molecule has 0 aromatic carbocycles. The van der Waals surface area contributed by atoms with E-state index in [4.69, 9.17) is 0 Å². The van der Waals surface area contributed by atoms with Crippen LogP contribution in [0.1, 0.15) is 5.56 Å². The van der Waals surface area contributed by atoms with Gasteiger partial charge in [-0.2, -0.15) is 0 Å². The number of aromatic nitrogens is 1. The van der Waals surface area contributed by atoms with Crippen molar-refractivity contribution in [3.8, 4) is 0 Å². The summed E-state index contributed by atoms with van der Waals surface area (Å²) in [6, 6.07) is 3.98. The van der Waals surface area contributed by atoms with Crippen molar-refractivity contribution in [2.45, 2.75) is 12.6 Å². The molecule has 0 radical (unpaired) electrons. The molecule has 1 aliphatic heterocycles. The van der Waals surface area contributed by atoms with Crippen LogP contribution in [0.2, 0.25) is 0 Å². The predicted molar refractivity (Wildman–Crippen MR) is 65.6 cm³/mol. The lowest BCUT2D eigenvalue weighted by atomic mass is 10.1. The van der Waals surface area contributed by atoms with Crippen molar-refractivity contribution >= 4 is 12.4 Å². The van der Waals surface area contributed by atoms with E-state index < -0.39 is 0 Å². The molecule has 0 spiro atoms. The first kappa shape index (κ1) is 13.4. The van der Waals surface area contributed by atoms with Crippen LogP contribution in [0.3, 0.4) is 0 Å². The summed E-state index contributed by atoms with van der Waals surface area (Å²) in [5.41, 5.74) is 1.18. The molecular weight excluding hydrogens is 226 g/mol. The highest BCUT2D eigenvalue weighted by Crippen LogP contribution is 2.07.